The normalized spacial score (nSPS) is 25.8. The average Bonchev–Trinajstić information content (AvgIpc) is 3.19. The Hall–Kier alpha value is -2.84. The predicted molar refractivity (Wildman–Crippen MR) is 162 cm³/mol. The van der Waals surface area contributed by atoms with Crippen molar-refractivity contribution in [3.8, 4) is 6.07 Å². The molecular formula is C35H48N4O. The maximum absolute atomic E-state index is 13.5. The Labute approximate surface area is 241 Å². The van der Waals surface area contributed by atoms with Gasteiger partial charge in [-0.1, -0.05) is 80.9 Å². The number of nitrogens with one attached hydrogen (secondary N) is 2. The average molecular weight is 541 g/mol. The molecule has 5 nitrogen and oxygen atoms in total. The van der Waals surface area contributed by atoms with Crippen LogP contribution in [0.5, 0.6) is 0 Å². The molecule has 2 aromatic carbocycles. The summed E-state index contributed by atoms with van der Waals surface area (Å²) in [6.07, 6.45) is 13.5. The number of hydrogen-bond donors (Lipinski definition) is 2. The molecule has 5 heteroatoms. The topological polar surface area (TPSA) is 68.2 Å². The van der Waals surface area contributed by atoms with Gasteiger partial charge in [-0.2, -0.15) is 5.26 Å². The standard InChI is InChI=1S/C35H48N4O/c1-26(2)24-33(35(25-36,28-10-5-3-6-11-28)29-12-7-4-8-13-29)38-34(40)37-30-18-16-27(17-19-30)22-23-39-31-14-9-15-32(39)21-20-31/h3-8,10-13,26-27,30-33H,9,14-24H2,1-2H3,(H2,37,38,40)/t27?,30?,31-,32-,33-/m0/s1. The Morgan fingerprint density at radius 1 is 0.900 bits per heavy atom. The zero-order valence-electron chi connectivity index (χ0n) is 24.5. The molecule has 3 atom stereocenters. The number of nitriles is 1. The van der Waals surface area contributed by atoms with Crippen LogP contribution in [-0.4, -0.2) is 41.6 Å². The van der Waals surface area contributed by atoms with Gasteiger partial charge in [-0.05, 0) is 93.7 Å². The summed E-state index contributed by atoms with van der Waals surface area (Å²) in [4.78, 5) is 16.3. The first-order valence-electron chi connectivity index (χ1n) is 15.8. The predicted octanol–water partition coefficient (Wildman–Crippen LogP) is 7.18. The van der Waals surface area contributed by atoms with E-state index in [0.29, 0.717) is 12.3 Å². The molecule has 3 fully saturated rings. The zero-order valence-corrected chi connectivity index (χ0v) is 24.5. The molecule has 2 saturated heterocycles. The third-order valence-electron chi connectivity index (χ3n) is 9.99. The molecule has 1 saturated carbocycles. The zero-order chi connectivity index (χ0) is 28.0. The van der Waals surface area contributed by atoms with Crippen molar-refractivity contribution in [2.45, 2.75) is 114 Å². The van der Waals surface area contributed by atoms with Crippen molar-refractivity contribution in [3.63, 3.8) is 0 Å². The number of fused-ring (bicyclic) bond motifs is 2. The van der Waals surface area contributed by atoms with Crippen molar-refractivity contribution in [1.82, 2.24) is 15.5 Å². The van der Waals surface area contributed by atoms with Gasteiger partial charge in [0.2, 0.25) is 0 Å². The van der Waals surface area contributed by atoms with Crippen LogP contribution in [0.25, 0.3) is 0 Å². The first-order chi connectivity index (χ1) is 19.5. The summed E-state index contributed by atoms with van der Waals surface area (Å²) in [6.45, 7) is 5.58. The number of carbonyl (C=O) groups is 1. The fourth-order valence-electron chi connectivity index (χ4n) is 7.90. The molecule has 3 aliphatic rings. The summed E-state index contributed by atoms with van der Waals surface area (Å²) in [6, 6.07) is 24.0. The van der Waals surface area contributed by atoms with E-state index >= 15 is 0 Å². The van der Waals surface area contributed by atoms with E-state index in [9.17, 15) is 10.1 Å². The van der Waals surface area contributed by atoms with Crippen LogP contribution >= 0.6 is 0 Å². The van der Waals surface area contributed by atoms with Crippen molar-refractivity contribution in [3.05, 3.63) is 71.8 Å². The molecule has 1 aliphatic carbocycles. The quantitative estimate of drug-likeness (QED) is 0.335. The number of carbonyl (C=O) groups excluding carboxylic acids is 1. The highest BCUT2D eigenvalue weighted by Gasteiger charge is 2.44. The summed E-state index contributed by atoms with van der Waals surface area (Å²) < 4.78 is 0. The minimum Gasteiger partial charge on any atom is -0.335 e. The molecule has 2 heterocycles. The van der Waals surface area contributed by atoms with Gasteiger partial charge in [0, 0.05) is 18.1 Å². The molecule has 5 rings (SSSR count). The van der Waals surface area contributed by atoms with E-state index in [1.54, 1.807) is 0 Å². The molecule has 214 valence electrons. The lowest BCUT2D eigenvalue weighted by molar-refractivity contribution is 0.124. The van der Waals surface area contributed by atoms with Crippen molar-refractivity contribution in [2.24, 2.45) is 11.8 Å². The van der Waals surface area contributed by atoms with Crippen molar-refractivity contribution in [1.29, 1.82) is 5.26 Å². The van der Waals surface area contributed by atoms with Gasteiger partial charge in [0.05, 0.1) is 12.1 Å². The summed E-state index contributed by atoms with van der Waals surface area (Å²) in [5.74, 6) is 1.09. The second-order valence-corrected chi connectivity index (χ2v) is 13.0. The second kappa shape index (κ2) is 13.2. The third kappa shape index (κ3) is 6.39. The van der Waals surface area contributed by atoms with Gasteiger partial charge >= 0.3 is 6.03 Å². The van der Waals surface area contributed by atoms with Gasteiger partial charge in [-0.25, -0.2) is 4.79 Å². The highest BCUT2D eigenvalue weighted by molar-refractivity contribution is 5.75. The Kier molecular flexibility index (Phi) is 9.48. The van der Waals surface area contributed by atoms with Gasteiger partial charge in [-0.3, -0.25) is 4.90 Å². The van der Waals surface area contributed by atoms with Crippen LogP contribution in [-0.2, 0) is 5.41 Å². The lowest BCUT2D eigenvalue weighted by atomic mass is 9.68. The van der Waals surface area contributed by atoms with Crippen LogP contribution in [0.4, 0.5) is 4.79 Å². The van der Waals surface area contributed by atoms with Crippen LogP contribution in [0.1, 0.15) is 95.6 Å². The van der Waals surface area contributed by atoms with Gasteiger partial charge in [0.15, 0.2) is 0 Å². The van der Waals surface area contributed by atoms with E-state index in [4.69, 9.17) is 0 Å². The Balaban J connectivity index is 1.21. The number of urea groups is 1. The molecule has 0 radical (unpaired) electrons. The van der Waals surface area contributed by atoms with E-state index in [1.165, 1.54) is 57.9 Å². The van der Waals surface area contributed by atoms with Crippen LogP contribution in [0.15, 0.2) is 60.7 Å². The van der Waals surface area contributed by atoms with Crippen LogP contribution in [0.2, 0.25) is 0 Å². The molecule has 0 unspecified atom stereocenters. The molecule has 2 N–H and O–H groups in total. The molecular weight excluding hydrogens is 492 g/mol. The summed E-state index contributed by atoms with van der Waals surface area (Å²) in [5, 5.41) is 17.4. The highest BCUT2D eigenvalue weighted by atomic mass is 16.2. The van der Waals surface area contributed by atoms with Crippen molar-refractivity contribution >= 4 is 6.03 Å². The van der Waals surface area contributed by atoms with E-state index < -0.39 is 5.41 Å². The molecule has 40 heavy (non-hydrogen) atoms. The maximum Gasteiger partial charge on any atom is 0.315 e. The minimum absolute atomic E-state index is 0.148. The number of nitrogens with zero attached hydrogens (tertiary/aromatic N) is 2. The lowest BCUT2D eigenvalue weighted by Crippen LogP contribution is -2.55. The molecule has 2 amide bonds. The second-order valence-electron chi connectivity index (χ2n) is 13.0. The van der Waals surface area contributed by atoms with Crippen LogP contribution in [0.3, 0.4) is 0 Å². The molecule has 0 spiro atoms. The van der Waals surface area contributed by atoms with Crippen molar-refractivity contribution in [2.75, 3.05) is 6.54 Å². The van der Waals surface area contributed by atoms with Crippen molar-refractivity contribution < 1.29 is 4.79 Å². The first kappa shape index (κ1) is 28.7. The Morgan fingerprint density at radius 2 is 1.48 bits per heavy atom. The largest absolute Gasteiger partial charge is 0.335 e. The van der Waals surface area contributed by atoms with Gasteiger partial charge < -0.3 is 10.6 Å². The smallest absolute Gasteiger partial charge is 0.315 e. The van der Waals surface area contributed by atoms with E-state index in [1.807, 2.05) is 60.7 Å². The fraction of sp³-hybridized carbons (Fsp3) is 0.600. The van der Waals surface area contributed by atoms with Crippen LogP contribution < -0.4 is 10.6 Å². The molecule has 2 aromatic rings. The summed E-state index contributed by atoms with van der Waals surface area (Å²) in [7, 11) is 0. The van der Waals surface area contributed by atoms with Gasteiger partial charge in [0.1, 0.15) is 5.41 Å². The molecule has 0 aromatic heterocycles. The lowest BCUT2D eigenvalue weighted by Gasteiger charge is -2.38. The molecule has 2 aliphatic heterocycles. The summed E-state index contributed by atoms with van der Waals surface area (Å²) in [5.41, 5.74) is 0.852. The van der Waals surface area contributed by atoms with E-state index in [-0.39, 0.29) is 18.1 Å². The number of benzene rings is 2. The summed E-state index contributed by atoms with van der Waals surface area (Å²) >= 11 is 0. The fourth-order valence-corrected chi connectivity index (χ4v) is 7.90. The number of hydrogen-bond acceptors (Lipinski definition) is 3. The van der Waals surface area contributed by atoms with Gasteiger partial charge in [-0.15, -0.1) is 0 Å². The minimum atomic E-state index is -0.977. The van der Waals surface area contributed by atoms with Gasteiger partial charge in [0.25, 0.3) is 0 Å². The SMILES string of the molecule is CC(C)C[C@H](NC(=O)NC1CCC(CCN2[C@H]3CCC[C@H]2CC3)CC1)C(C#N)(c1ccccc1)c1ccccc1. The molecule has 2 bridgehead atoms. The third-order valence-corrected chi connectivity index (χ3v) is 9.99. The Morgan fingerprint density at radius 3 is 2.00 bits per heavy atom. The number of piperidine rings is 1. The van der Waals surface area contributed by atoms with E-state index in [2.05, 4.69) is 35.5 Å². The monoisotopic (exact) mass is 540 g/mol. The highest BCUT2D eigenvalue weighted by Crippen LogP contribution is 2.39. The maximum atomic E-state index is 13.5. The van der Waals surface area contributed by atoms with E-state index in [0.717, 1.165) is 42.0 Å². The first-order valence-corrected chi connectivity index (χ1v) is 15.8. The Bertz CT molecular complexity index is 1060. The number of rotatable bonds is 10. The van der Waals surface area contributed by atoms with Crippen LogP contribution in [0, 0.1) is 23.2 Å². The number of amides is 2.